The lowest BCUT2D eigenvalue weighted by Crippen LogP contribution is -2.27. The summed E-state index contributed by atoms with van der Waals surface area (Å²) in [5.74, 6) is 1.33. The minimum Gasteiger partial charge on any atom is -0.467 e. The summed E-state index contributed by atoms with van der Waals surface area (Å²) < 4.78 is 8.83. The van der Waals surface area contributed by atoms with E-state index < -0.39 is 0 Å². The van der Waals surface area contributed by atoms with Crippen molar-refractivity contribution in [2.24, 2.45) is 0 Å². The summed E-state index contributed by atoms with van der Waals surface area (Å²) in [6, 6.07) is 9.53. The predicted octanol–water partition coefficient (Wildman–Crippen LogP) is 2.75. The maximum Gasteiger partial charge on any atom is 0.242 e. The second kappa shape index (κ2) is 6.51. The molecule has 0 atom stereocenters. The number of fused-ring (bicyclic) bond motifs is 1. The molecule has 0 spiro atoms. The Labute approximate surface area is 150 Å². The molecule has 0 saturated carbocycles. The molecule has 0 aromatic carbocycles. The van der Waals surface area contributed by atoms with E-state index in [1.165, 1.54) is 0 Å². The number of nitrogens with zero attached hydrogens (tertiary/aromatic N) is 4. The Kier molecular flexibility index (Phi) is 4.04. The Bertz CT molecular complexity index is 1050. The fourth-order valence-corrected chi connectivity index (χ4v) is 3.05. The summed E-state index contributed by atoms with van der Waals surface area (Å²) in [5, 5.41) is 8.44. The van der Waals surface area contributed by atoms with Gasteiger partial charge in [0.25, 0.3) is 0 Å². The number of hydrogen-bond acceptors (Lipinski definition) is 4. The normalized spacial score (nSPS) is 11.2. The van der Waals surface area contributed by atoms with Crippen LogP contribution in [-0.4, -0.2) is 25.2 Å². The van der Waals surface area contributed by atoms with Gasteiger partial charge in [-0.2, -0.15) is 5.10 Å². The molecule has 4 aromatic rings. The molecule has 26 heavy (non-hydrogen) atoms. The van der Waals surface area contributed by atoms with Crippen molar-refractivity contribution in [2.75, 3.05) is 0 Å². The number of carbonyl (C=O) groups is 1. The number of amides is 1. The lowest BCUT2D eigenvalue weighted by molar-refractivity contribution is -0.122. The van der Waals surface area contributed by atoms with Crippen LogP contribution < -0.4 is 5.32 Å². The highest BCUT2D eigenvalue weighted by Gasteiger charge is 2.17. The molecule has 1 N–H and O–H groups in total. The Balaban J connectivity index is 1.67. The van der Waals surface area contributed by atoms with Gasteiger partial charge in [-0.1, -0.05) is 0 Å². The number of pyridine rings is 1. The minimum absolute atomic E-state index is 0.0916. The maximum absolute atomic E-state index is 12.4. The van der Waals surface area contributed by atoms with E-state index in [9.17, 15) is 4.79 Å². The van der Waals surface area contributed by atoms with E-state index in [0.717, 1.165) is 22.5 Å². The van der Waals surface area contributed by atoms with E-state index in [-0.39, 0.29) is 12.5 Å². The van der Waals surface area contributed by atoms with Crippen LogP contribution in [-0.2, 0) is 17.9 Å². The number of aryl methyl sites for hydroxylation is 2. The first-order valence-electron chi connectivity index (χ1n) is 8.39. The zero-order chi connectivity index (χ0) is 18.1. The molecule has 0 aliphatic rings. The number of furan rings is 1. The van der Waals surface area contributed by atoms with Crippen molar-refractivity contribution in [2.45, 2.75) is 26.9 Å². The molecule has 0 radical (unpaired) electrons. The average molecular weight is 349 g/mol. The minimum atomic E-state index is -0.147. The van der Waals surface area contributed by atoms with Gasteiger partial charge in [0, 0.05) is 18.1 Å². The Morgan fingerprint density at radius 2 is 2.04 bits per heavy atom. The lowest BCUT2D eigenvalue weighted by Gasteiger charge is -2.05. The number of nitrogens with one attached hydrogen (secondary N) is 1. The van der Waals surface area contributed by atoms with Crippen LogP contribution in [0.1, 0.15) is 17.0 Å². The molecule has 0 bridgehead atoms. The summed E-state index contributed by atoms with van der Waals surface area (Å²) >= 11 is 0. The predicted molar refractivity (Wildman–Crippen MR) is 96.9 cm³/mol. The van der Waals surface area contributed by atoms with Crippen molar-refractivity contribution >= 4 is 16.9 Å². The van der Waals surface area contributed by atoms with Gasteiger partial charge in [-0.25, -0.2) is 9.67 Å². The van der Waals surface area contributed by atoms with Gasteiger partial charge in [0.1, 0.15) is 12.3 Å². The van der Waals surface area contributed by atoms with Crippen LogP contribution >= 0.6 is 0 Å². The van der Waals surface area contributed by atoms with Crippen LogP contribution in [0, 0.1) is 13.8 Å². The molecule has 1 amide bonds. The fraction of sp³-hybridized carbons (Fsp3) is 0.211. The Morgan fingerprint density at radius 1 is 1.23 bits per heavy atom. The molecular weight excluding hydrogens is 330 g/mol. The number of aromatic nitrogens is 4. The summed E-state index contributed by atoms with van der Waals surface area (Å²) in [5.41, 5.74) is 2.68. The molecule has 0 aliphatic carbocycles. The van der Waals surface area contributed by atoms with Gasteiger partial charge >= 0.3 is 0 Å². The van der Waals surface area contributed by atoms with Gasteiger partial charge in [-0.05, 0) is 49.7 Å². The van der Waals surface area contributed by atoms with E-state index in [1.807, 2.05) is 55.1 Å². The third-order valence-electron chi connectivity index (χ3n) is 4.19. The van der Waals surface area contributed by atoms with Gasteiger partial charge in [0.15, 0.2) is 11.5 Å². The van der Waals surface area contributed by atoms with Crippen LogP contribution in [0.5, 0.6) is 0 Å². The number of carbonyl (C=O) groups excluding carboxylic acids is 1. The molecule has 4 heterocycles. The van der Waals surface area contributed by atoms with Crippen molar-refractivity contribution in [3.05, 3.63) is 66.0 Å². The fourth-order valence-electron chi connectivity index (χ4n) is 3.05. The topological polar surface area (TPSA) is 77.9 Å². The van der Waals surface area contributed by atoms with Crippen LogP contribution in [0.15, 0.2) is 53.4 Å². The van der Waals surface area contributed by atoms with Gasteiger partial charge in [0.05, 0.1) is 18.2 Å². The first-order chi connectivity index (χ1) is 12.6. The molecule has 0 fully saturated rings. The number of hydrogen-bond donors (Lipinski definition) is 1. The van der Waals surface area contributed by atoms with Crippen molar-refractivity contribution in [1.82, 2.24) is 24.6 Å². The van der Waals surface area contributed by atoms with Gasteiger partial charge in [-0.15, -0.1) is 0 Å². The van der Waals surface area contributed by atoms with Crippen LogP contribution in [0.3, 0.4) is 0 Å². The summed E-state index contributed by atoms with van der Waals surface area (Å²) in [4.78, 5) is 17.0. The van der Waals surface area contributed by atoms with Crippen molar-refractivity contribution < 1.29 is 9.21 Å². The highest BCUT2D eigenvalue weighted by molar-refractivity contribution is 5.88. The van der Waals surface area contributed by atoms with E-state index >= 15 is 0 Å². The third-order valence-corrected chi connectivity index (χ3v) is 4.19. The van der Waals surface area contributed by atoms with Crippen molar-refractivity contribution in [3.63, 3.8) is 0 Å². The van der Waals surface area contributed by atoms with Gasteiger partial charge in [0.2, 0.25) is 5.91 Å². The van der Waals surface area contributed by atoms with E-state index in [2.05, 4.69) is 15.4 Å². The largest absolute Gasteiger partial charge is 0.467 e. The van der Waals surface area contributed by atoms with Crippen LogP contribution in [0.2, 0.25) is 0 Å². The van der Waals surface area contributed by atoms with Crippen molar-refractivity contribution in [3.8, 4) is 5.82 Å². The molecule has 4 aromatic heterocycles. The van der Waals surface area contributed by atoms with Crippen LogP contribution in [0.4, 0.5) is 0 Å². The van der Waals surface area contributed by atoms with Crippen LogP contribution in [0.25, 0.3) is 16.9 Å². The molecular formula is C19H19N5O2. The standard InChI is InChI=1S/C19H19N5O2/c1-13-10-14(2)21-18-17(13)19(23-7-3-4-8-23)22-24(18)12-16(25)20-11-15-6-5-9-26-15/h3-10H,11-12H2,1-2H3,(H,20,25). The Morgan fingerprint density at radius 3 is 2.77 bits per heavy atom. The molecule has 4 rings (SSSR count). The third kappa shape index (κ3) is 2.99. The zero-order valence-corrected chi connectivity index (χ0v) is 14.6. The molecule has 132 valence electrons. The highest BCUT2D eigenvalue weighted by Crippen LogP contribution is 2.25. The summed E-state index contributed by atoms with van der Waals surface area (Å²) in [6.45, 7) is 4.42. The maximum atomic E-state index is 12.4. The van der Waals surface area contributed by atoms with E-state index in [1.54, 1.807) is 17.0 Å². The van der Waals surface area contributed by atoms with E-state index in [0.29, 0.717) is 18.0 Å². The molecule has 0 aliphatic heterocycles. The summed E-state index contributed by atoms with van der Waals surface area (Å²) in [6.07, 6.45) is 5.45. The second-order valence-corrected chi connectivity index (χ2v) is 6.21. The monoisotopic (exact) mass is 349 g/mol. The smallest absolute Gasteiger partial charge is 0.242 e. The Hall–Kier alpha value is -3.35. The summed E-state index contributed by atoms with van der Waals surface area (Å²) in [7, 11) is 0. The highest BCUT2D eigenvalue weighted by atomic mass is 16.3. The first kappa shape index (κ1) is 16.1. The average Bonchev–Trinajstić information content (AvgIpc) is 3.34. The van der Waals surface area contributed by atoms with Gasteiger partial charge in [-0.3, -0.25) is 4.79 Å². The molecule has 0 saturated heterocycles. The SMILES string of the molecule is Cc1cc(C)c2c(-n3cccc3)nn(CC(=O)NCc3ccco3)c2n1. The molecule has 7 nitrogen and oxygen atoms in total. The molecule has 7 heteroatoms. The van der Waals surface area contributed by atoms with Gasteiger partial charge < -0.3 is 14.3 Å². The number of rotatable bonds is 5. The second-order valence-electron chi connectivity index (χ2n) is 6.21. The quantitative estimate of drug-likeness (QED) is 0.601. The first-order valence-corrected chi connectivity index (χ1v) is 8.39. The molecule has 0 unspecified atom stereocenters. The van der Waals surface area contributed by atoms with E-state index in [4.69, 9.17) is 4.42 Å². The zero-order valence-electron chi connectivity index (χ0n) is 14.6. The lowest BCUT2D eigenvalue weighted by atomic mass is 10.2. The van der Waals surface area contributed by atoms with Crippen molar-refractivity contribution in [1.29, 1.82) is 0 Å².